The molecule has 0 fully saturated rings. The second kappa shape index (κ2) is 6.37. The Labute approximate surface area is 148 Å². The third-order valence-electron chi connectivity index (χ3n) is 3.46. The van der Waals surface area contributed by atoms with Crippen molar-refractivity contribution in [2.45, 2.75) is 6.92 Å². The van der Waals surface area contributed by atoms with Crippen LogP contribution in [0.1, 0.15) is 12.5 Å². The summed E-state index contributed by atoms with van der Waals surface area (Å²) in [6.07, 6.45) is 0. The summed E-state index contributed by atoms with van der Waals surface area (Å²) in [4.78, 5) is 16.6. The van der Waals surface area contributed by atoms with Crippen molar-refractivity contribution >= 4 is 54.6 Å². The maximum absolute atomic E-state index is 12.2. The van der Waals surface area contributed by atoms with Crippen LogP contribution in [0.15, 0.2) is 51.9 Å². The molecule has 0 unspecified atom stereocenters. The van der Waals surface area contributed by atoms with Crippen molar-refractivity contribution in [3.05, 3.63) is 52.5 Å². The molecule has 6 nitrogen and oxygen atoms in total. The molecule has 0 aromatic heterocycles. The highest BCUT2D eigenvalue weighted by atomic mass is 79.9. The van der Waals surface area contributed by atoms with Crippen molar-refractivity contribution in [3.8, 4) is 0 Å². The number of fused-ring (bicyclic) bond motifs is 1. The minimum Gasteiger partial charge on any atom is -0.320 e. The van der Waals surface area contributed by atoms with Gasteiger partial charge in [-0.25, -0.2) is 13.4 Å². The minimum atomic E-state index is -3.39. The lowest BCUT2D eigenvalue weighted by atomic mass is 10.1. The molecule has 1 aliphatic rings. The van der Waals surface area contributed by atoms with Crippen LogP contribution < -0.4 is 10.0 Å². The fourth-order valence-electron chi connectivity index (χ4n) is 2.22. The minimum absolute atomic E-state index is 0.0267. The van der Waals surface area contributed by atoms with E-state index in [1.807, 2.05) is 12.1 Å². The van der Waals surface area contributed by atoms with E-state index in [1.54, 1.807) is 37.3 Å². The highest BCUT2D eigenvalue weighted by molar-refractivity contribution is 9.10. The molecule has 1 heterocycles. The average Bonchev–Trinajstić information content (AvgIpc) is 2.85. The summed E-state index contributed by atoms with van der Waals surface area (Å²) in [5.41, 5.74) is 2.46. The number of carbonyl (C=O) groups is 1. The number of amides is 1. The van der Waals surface area contributed by atoms with Gasteiger partial charge in [-0.1, -0.05) is 15.9 Å². The van der Waals surface area contributed by atoms with E-state index in [4.69, 9.17) is 0 Å². The van der Waals surface area contributed by atoms with Gasteiger partial charge in [0.25, 0.3) is 5.91 Å². The van der Waals surface area contributed by atoms with Crippen LogP contribution >= 0.6 is 15.9 Å². The summed E-state index contributed by atoms with van der Waals surface area (Å²) in [6, 6.07) is 12.1. The van der Waals surface area contributed by atoms with Gasteiger partial charge in [0.2, 0.25) is 10.0 Å². The molecule has 124 valence electrons. The Morgan fingerprint density at radius 3 is 2.54 bits per heavy atom. The highest BCUT2D eigenvalue weighted by Gasteiger charge is 2.26. The molecule has 1 amide bonds. The smallest absolute Gasteiger partial charge is 0.275 e. The van der Waals surface area contributed by atoms with Gasteiger partial charge in [-0.05, 0) is 49.4 Å². The third-order valence-corrected chi connectivity index (χ3v) is 5.29. The predicted molar refractivity (Wildman–Crippen MR) is 98.5 cm³/mol. The molecule has 2 N–H and O–H groups in total. The van der Waals surface area contributed by atoms with E-state index in [9.17, 15) is 13.2 Å². The van der Waals surface area contributed by atoms with Gasteiger partial charge in [0, 0.05) is 15.7 Å². The van der Waals surface area contributed by atoms with Crippen LogP contribution in [0.2, 0.25) is 0 Å². The Bertz CT molecular complexity index is 938. The third kappa shape index (κ3) is 3.49. The van der Waals surface area contributed by atoms with Crippen LogP contribution in [0.5, 0.6) is 0 Å². The number of hydrogen-bond donors (Lipinski definition) is 2. The van der Waals surface area contributed by atoms with Gasteiger partial charge in [-0.2, -0.15) is 0 Å². The fraction of sp³-hybridized carbons (Fsp3) is 0.125. The molecule has 0 bridgehead atoms. The van der Waals surface area contributed by atoms with E-state index in [0.29, 0.717) is 22.6 Å². The molecule has 24 heavy (non-hydrogen) atoms. The van der Waals surface area contributed by atoms with Gasteiger partial charge in [0.15, 0.2) is 0 Å². The first-order valence-electron chi connectivity index (χ1n) is 7.18. The number of carbonyl (C=O) groups excluding carboxylic acids is 1. The summed E-state index contributed by atoms with van der Waals surface area (Å²) < 4.78 is 26.8. The van der Waals surface area contributed by atoms with Crippen molar-refractivity contribution in [2.24, 2.45) is 4.99 Å². The average molecular weight is 408 g/mol. The van der Waals surface area contributed by atoms with Crippen LogP contribution in [0.4, 0.5) is 17.1 Å². The molecular weight excluding hydrogens is 394 g/mol. The van der Waals surface area contributed by atoms with Gasteiger partial charge in [-0.3, -0.25) is 9.52 Å². The Hall–Kier alpha value is -2.19. The summed E-state index contributed by atoms with van der Waals surface area (Å²) in [5, 5.41) is 2.73. The Kier molecular flexibility index (Phi) is 4.42. The van der Waals surface area contributed by atoms with Crippen LogP contribution in [0.3, 0.4) is 0 Å². The number of nitrogens with zero attached hydrogens (tertiary/aromatic N) is 1. The highest BCUT2D eigenvalue weighted by Crippen LogP contribution is 2.29. The maximum atomic E-state index is 12.2. The Balaban J connectivity index is 2.00. The second-order valence-electron chi connectivity index (χ2n) is 5.16. The van der Waals surface area contributed by atoms with Crippen LogP contribution in [0, 0.1) is 0 Å². The van der Waals surface area contributed by atoms with Crippen LogP contribution in [-0.4, -0.2) is 25.8 Å². The van der Waals surface area contributed by atoms with E-state index in [-0.39, 0.29) is 17.4 Å². The predicted octanol–water partition coefficient (Wildman–Crippen LogP) is 3.28. The molecule has 2 aromatic rings. The number of sulfonamides is 1. The summed E-state index contributed by atoms with van der Waals surface area (Å²) in [5.74, 6) is -0.343. The van der Waals surface area contributed by atoms with Gasteiger partial charge < -0.3 is 5.32 Å². The van der Waals surface area contributed by atoms with E-state index >= 15 is 0 Å². The van der Waals surface area contributed by atoms with Crippen molar-refractivity contribution in [3.63, 3.8) is 0 Å². The summed E-state index contributed by atoms with van der Waals surface area (Å²) >= 11 is 3.35. The van der Waals surface area contributed by atoms with Gasteiger partial charge in [-0.15, -0.1) is 0 Å². The van der Waals surface area contributed by atoms with E-state index in [0.717, 1.165) is 4.47 Å². The van der Waals surface area contributed by atoms with Crippen molar-refractivity contribution in [2.75, 3.05) is 15.8 Å². The monoisotopic (exact) mass is 407 g/mol. The fourth-order valence-corrected chi connectivity index (χ4v) is 3.12. The molecule has 3 rings (SSSR count). The number of anilines is 2. The maximum Gasteiger partial charge on any atom is 0.275 e. The molecule has 8 heteroatoms. The van der Waals surface area contributed by atoms with Crippen molar-refractivity contribution in [1.82, 2.24) is 0 Å². The number of benzene rings is 2. The van der Waals surface area contributed by atoms with Gasteiger partial charge >= 0.3 is 0 Å². The quantitative estimate of drug-likeness (QED) is 0.814. The Morgan fingerprint density at radius 2 is 1.88 bits per heavy atom. The molecule has 1 aliphatic heterocycles. The number of nitrogens with one attached hydrogen (secondary N) is 2. The molecule has 0 spiro atoms. The zero-order valence-corrected chi connectivity index (χ0v) is 15.1. The standard InChI is InChI=1S/C16H14BrN3O3S/c1-2-24(22,23)20-12-7-8-14-13(9-12)15(16(21)19-14)18-11-5-3-10(17)4-6-11/h3-9,20H,2H2,1H3,(H,18,19,21). The number of hydrogen-bond acceptors (Lipinski definition) is 4. The summed E-state index contributed by atoms with van der Waals surface area (Å²) in [7, 11) is -3.39. The topological polar surface area (TPSA) is 87.6 Å². The van der Waals surface area contributed by atoms with Gasteiger partial charge in [0.05, 0.1) is 17.1 Å². The lowest BCUT2D eigenvalue weighted by Crippen LogP contribution is -2.15. The molecule has 0 radical (unpaired) electrons. The molecule has 0 saturated carbocycles. The molecular formula is C16H14BrN3O3S. The first kappa shape index (κ1) is 16.7. The Morgan fingerprint density at radius 1 is 1.17 bits per heavy atom. The van der Waals surface area contributed by atoms with E-state index in [1.165, 1.54) is 0 Å². The SMILES string of the molecule is CCS(=O)(=O)Nc1ccc2c(c1)C(=Nc1ccc(Br)cc1)C(=O)N2. The molecule has 0 atom stereocenters. The van der Waals surface area contributed by atoms with Gasteiger partial charge in [0.1, 0.15) is 5.71 Å². The normalized spacial score (nSPS) is 15.2. The van der Waals surface area contributed by atoms with E-state index in [2.05, 4.69) is 31.0 Å². The largest absolute Gasteiger partial charge is 0.320 e. The zero-order valence-electron chi connectivity index (χ0n) is 12.7. The first-order valence-corrected chi connectivity index (χ1v) is 9.63. The van der Waals surface area contributed by atoms with Crippen LogP contribution in [0.25, 0.3) is 0 Å². The van der Waals surface area contributed by atoms with Crippen molar-refractivity contribution < 1.29 is 13.2 Å². The van der Waals surface area contributed by atoms with Crippen molar-refractivity contribution in [1.29, 1.82) is 0 Å². The second-order valence-corrected chi connectivity index (χ2v) is 8.08. The molecule has 2 aromatic carbocycles. The zero-order chi connectivity index (χ0) is 17.3. The van der Waals surface area contributed by atoms with E-state index < -0.39 is 10.0 Å². The number of halogens is 1. The number of rotatable bonds is 4. The lowest BCUT2D eigenvalue weighted by Gasteiger charge is -2.07. The number of aliphatic imine (C=N–C) groups is 1. The summed E-state index contributed by atoms with van der Waals surface area (Å²) in [6.45, 7) is 1.56. The first-order chi connectivity index (χ1) is 11.4. The van der Waals surface area contributed by atoms with Crippen LogP contribution in [-0.2, 0) is 14.8 Å². The molecule has 0 saturated heterocycles. The lowest BCUT2D eigenvalue weighted by molar-refractivity contribution is -0.110. The molecule has 0 aliphatic carbocycles.